The van der Waals surface area contributed by atoms with Crippen LogP contribution in [0.4, 0.5) is 0 Å². The summed E-state index contributed by atoms with van der Waals surface area (Å²) in [5.41, 5.74) is 0. The van der Waals surface area contributed by atoms with Gasteiger partial charge in [-0.1, -0.05) is 19.0 Å². The van der Waals surface area contributed by atoms with Crippen LogP contribution in [0, 0.1) is 0 Å². The van der Waals surface area contributed by atoms with Gasteiger partial charge in [0.05, 0.1) is 6.54 Å². The lowest BCUT2D eigenvalue weighted by molar-refractivity contribution is -0.138. The van der Waals surface area contributed by atoms with Gasteiger partial charge in [-0.3, -0.25) is 9.59 Å². The van der Waals surface area contributed by atoms with Crippen molar-refractivity contribution in [3.05, 3.63) is 11.7 Å². The SMILES string of the molecule is CC(C)c1noc(CCC(=O)N2CCNC(=O)C2)n1. The smallest absolute Gasteiger partial charge is 0.239 e. The number of rotatable bonds is 4. The first-order chi connectivity index (χ1) is 9.06. The number of carbonyl (C=O) groups excluding carboxylic acids is 2. The zero-order valence-corrected chi connectivity index (χ0v) is 11.2. The molecule has 0 aliphatic carbocycles. The molecule has 0 radical (unpaired) electrons. The monoisotopic (exact) mass is 266 g/mol. The predicted octanol–water partition coefficient (Wildman–Crippen LogP) is 0.0840. The number of nitrogens with zero attached hydrogens (tertiary/aromatic N) is 3. The lowest BCUT2D eigenvalue weighted by Crippen LogP contribution is -2.50. The average molecular weight is 266 g/mol. The van der Waals surface area contributed by atoms with Crippen molar-refractivity contribution in [2.75, 3.05) is 19.6 Å². The Morgan fingerprint density at radius 3 is 2.95 bits per heavy atom. The van der Waals surface area contributed by atoms with E-state index in [0.29, 0.717) is 31.2 Å². The molecular formula is C12H18N4O3. The number of piperazine rings is 1. The summed E-state index contributed by atoms with van der Waals surface area (Å²) in [5.74, 6) is 1.16. The maximum absolute atomic E-state index is 11.9. The minimum Gasteiger partial charge on any atom is -0.353 e. The molecule has 1 aromatic heterocycles. The highest BCUT2D eigenvalue weighted by Gasteiger charge is 2.21. The summed E-state index contributed by atoms with van der Waals surface area (Å²) in [6.45, 7) is 5.17. The molecule has 1 aromatic rings. The van der Waals surface area contributed by atoms with E-state index in [1.807, 2.05) is 13.8 Å². The Morgan fingerprint density at radius 2 is 2.32 bits per heavy atom. The van der Waals surface area contributed by atoms with Gasteiger partial charge in [-0.25, -0.2) is 0 Å². The molecule has 0 aromatic carbocycles. The molecule has 1 saturated heterocycles. The molecule has 0 saturated carbocycles. The van der Waals surface area contributed by atoms with Crippen LogP contribution in [0.25, 0.3) is 0 Å². The molecule has 19 heavy (non-hydrogen) atoms. The Hall–Kier alpha value is -1.92. The first kappa shape index (κ1) is 13.5. The van der Waals surface area contributed by atoms with Crippen molar-refractivity contribution in [1.29, 1.82) is 0 Å². The minimum absolute atomic E-state index is 0.0563. The number of hydrogen-bond acceptors (Lipinski definition) is 5. The number of nitrogens with one attached hydrogen (secondary N) is 1. The number of carbonyl (C=O) groups is 2. The van der Waals surface area contributed by atoms with Crippen LogP contribution in [0.2, 0.25) is 0 Å². The summed E-state index contributed by atoms with van der Waals surface area (Å²) < 4.78 is 5.07. The topological polar surface area (TPSA) is 88.3 Å². The maximum atomic E-state index is 11.9. The molecule has 7 heteroatoms. The van der Waals surface area contributed by atoms with E-state index in [4.69, 9.17) is 4.52 Å². The second-order valence-corrected chi connectivity index (χ2v) is 4.87. The van der Waals surface area contributed by atoms with E-state index in [0.717, 1.165) is 0 Å². The summed E-state index contributed by atoms with van der Waals surface area (Å²) in [5, 5.41) is 6.53. The van der Waals surface area contributed by atoms with E-state index in [1.165, 1.54) is 0 Å². The Bertz CT molecular complexity index is 469. The predicted molar refractivity (Wildman–Crippen MR) is 66.3 cm³/mol. The zero-order chi connectivity index (χ0) is 13.8. The normalized spacial score (nSPS) is 15.7. The number of aromatic nitrogens is 2. The van der Waals surface area contributed by atoms with Gasteiger partial charge in [0.25, 0.3) is 0 Å². The maximum Gasteiger partial charge on any atom is 0.239 e. The lowest BCUT2D eigenvalue weighted by atomic mass is 10.2. The van der Waals surface area contributed by atoms with Crippen LogP contribution in [-0.4, -0.2) is 46.5 Å². The Kier molecular flexibility index (Phi) is 4.13. The van der Waals surface area contributed by atoms with Crippen LogP contribution in [0.3, 0.4) is 0 Å². The van der Waals surface area contributed by atoms with E-state index in [-0.39, 0.29) is 30.7 Å². The molecule has 0 bridgehead atoms. The highest BCUT2D eigenvalue weighted by atomic mass is 16.5. The number of amides is 2. The fourth-order valence-electron chi connectivity index (χ4n) is 1.83. The highest BCUT2D eigenvalue weighted by Crippen LogP contribution is 2.11. The number of aryl methyl sites for hydroxylation is 1. The van der Waals surface area contributed by atoms with Crippen LogP contribution in [-0.2, 0) is 16.0 Å². The van der Waals surface area contributed by atoms with Gasteiger partial charge in [-0.05, 0) is 0 Å². The third-order valence-corrected chi connectivity index (χ3v) is 2.94. The van der Waals surface area contributed by atoms with E-state index in [1.54, 1.807) is 4.90 Å². The lowest BCUT2D eigenvalue weighted by Gasteiger charge is -2.26. The van der Waals surface area contributed by atoms with Crippen molar-refractivity contribution >= 4 is 11.8 Å². The van der Waals surface area contributed by atoms with Crippen molar-refractivity contribution in [3.8, 4) is 0 Å². The van der Waals surface area contributed by atoms with Gasteiger partial charge in [-0.2, -0.15) is 4.98 Å². The van der Waals surface area contributed by atoms with E-state index >= 15 is 0 Å². The summed E-state index contributed by atoms with van der Waals surface area (Å²) in [6.07, 6.45) is 0.698. The van der Waals surface area contributed by atoms with Crippen molar-refractivity contribution in [2.45, 2.75) is 32.6 Å². The molecule has 2 rings (SSSR count). The second kappa shape index (κ2) is 5.81. The van der Waals surface area contributed by atoms with Gasteiger partial charge in [-0.15, -0.1) is 0 Å². The van der Waals surface area contributed by atoms with Crippen LogP contribution < -0.4 is 5.32 Å². The summed E-state index contributed by atoms with van der Waals surface area (Å²) in [6, 6.07) is 0. The molecule has 2 heterocycles. The van der Waals surface area contributed by atoms with Gasteiger partial charge in [0, 0.05) is 31.8 Å². The number of hydrogen-bond donors (Lipinski definition) is 1. The van der Waals surface area contributed by atoms with Gasteiger partial charge >= 0.3 is 0 Å². The van der Waals surface area contributed by atoms with Gasteiger partial charge in [0.15, 0.2) is 5.82 Å². The van der Waals surface area contributed by atoms with Gasteiger partial charge in [0.1, 0.15) is 0 Å². The molecule has 2 amide bonds. The first-order valence-electron chi connectivity index (χ1n) is 6.43. The quantitative estimate of drug-likeness (QED) is 0.834. The summed E-state index contributed by atoms with van der Waals surface area (Å²) in [7, 11) is 0. The Morgan fingerprint density at radius 1 is 1.53 bits per heavy atom. The largest absolute Gasteiger partial charge is 0.353 e. The standard InChI is InChI=1S/C12H18N4O3/c1-8(2)12-14-10(19-15-12)3-4-11(18)16-6-5-13-9(17)7-16/h8H,3-7H2,1-2H3,(H,13,17). The molecule has 0 atom stereocenters. The van der Waals surface area contributed by atoms with Crippen molar-refractivity contribution < 1.29 is 14.1 Å². The Balaban J connectivity index is 1.84. The van der Waals surface area contributed by atoms with E-state index < -0.39 is 0 Å². The first-order valence-corrected chi connectivity index (χ1v) is 6.43. The molecule has 1 fully saturated rings. The van der Waals surface area contributed by atoms with Crippen LogP contribution in [0.5, 0.6) is 0 Å². The molecular weight excluding hydrogens is 248 g/mol. The van der Waals surface area contributed by atoms with E-state index in [9.17, 15) is 9.59 Å². The minimum atomic E-state index is -0.112. The molecule has 1 aliphatic heterocycles. The highest BCUT2D eigenvalue weighted by molar-refractivity contribution is 5.85. The van der Waals surface area contributed by atoms with Crippen molar-refractivity contribution in [2.24, 2.45) is 0 Å². The average Bonchev–Trinajstić information content (AvgIpc) is 2.85. The van der Waals surface area contributed by atoms with Crippen molar-refractivity contribution in [1.82, 2.24) is 20.4 Å². The third kappa shape index (κ3) is 3.52. The molecule has 0 unspecified atom stereocenters. The molecule has 7 nitrogen and oxygen atoms in total. The summed E-state index contributed by atoms with van der Waals surface area (Å²) >= 11 is 0. The van der Waals surface area contributed by atoms with Crippen LogP contribution in [0.1, 0.15) is 37.9 Å². The fourth-order valence-corrected chi connectivity index (χ4v) is 1.83. The zero-order valence-electron chi connectivity index (χ0n) is 11.2. The van der Waals surface area contributed by atoms with E-state index in [2.05, 4.69) is 15.5 Å². The Labute approximate surface area is 111 Å². The van der Waals surface area contributed by atoms with Crippen LogP contribution in [0.15, 0.2) is 4.52 Å². The van der Waals surface area contributed by atoms with Crippen LogP contribution >= 0.6 is 0 Å². The fraction of sp³-hybridized carbons (Fsp3) is 0.667. The third-order valence-electron chi connectivity index (χ3n) is 2.94. The van der Waals surface area contributed by atoms with Gasteiger partial charge in [0.2, 0.25) is 17.7 Å². The molecule has 104 valence electrons. The molecule has 1 aliphatic rings. The van der Waals surface area contributed by atoms with Crippen molar-refractivity contribution in [3.63, 3.8) is 0 Å². The molecule has 1 N–H and O–H groups in total. The second-order valence-electron chi connectivity index (χ2n) is 4.87. The van der Waals surface area contributed by atoms with Gasteiger partial charge < -0.3 is 14.7 Å². The molecule has 0 spiro atoms. The summed E-state index contributed by atoms with van der Waals surface area (Å²) in [4.78, 5) is 28.9.